The average Bonchev–Trinajstić information content (AvgIpc) is 2.75. The fourth-order valence-electron chi connectivity index (χ4n) is 2.92. The van der Waals surface area contributed by atoms with Crippen molar-refractivity contribution in [1.82, 2.24) is 14.9 Å². The van der Waals surface area contributed by atoms with Crippen LogP contribution < -0.4 is 10.9 Å². The fourth-order valence-corrected chi connectivity index (χ4v) is 2.92. The van der Waals surface area contributed by atoms with Crippen molar-refractivity contribution in [2.45, 2.75) is 13.5 Å². The molecule has 1 amide bonds. The predicted molar refractivity (Wildman–Crippen MR) is 110 cm³/mol. The minimum atomic E-state index is -0.903. The van der Waals surface area contributed by atoms with Crippen LogP contribution in [0.2, 0.25) is 0 Å². The van der Waals surface area contributed by atoms with E-state index in [9.17, 15) is 19.5 Å². The Balaban J connectivity index is 2.05. The number of hydrogen-bond acceptors (Lipinski definition) is 6. The van der Waals surface area contributed by atoms with E-state index in [1.165, 1.54) is 4.57 Å². The maximum atomic E-state index is 13.2. The largest absolute Gasteiger partial charge is 0.493 e. The van der Waals surface area contributed by atoms with Crippen LogP contribution in [0, 0.1) is 0 Å². The van der Waals surface area contributed by atoms with Gasteiger partial charge in [-0.15, -0.1) is 0 Å². The van der Waals surface area contributed by atoms with E-state index in [4.69, 9.17) is 4.74 Å². The molecule has 0 bridgehead atoms. The number of nitrogens with one attached hydrogen (secondary N) is 1. The number of amides is 1. The molecular formula is C22H21N3O5. The van der Waals surface area contributed by atoms with Gasteiger partial charge < -0.3 is 15.2 Å². The van der Waals surface area contributed by atoms with Crippen LogP contribution >= 0.6 is 0 Å². The van der Waals surface area contributed by atoms with E-state index in [0.29, 0.717) is 5.56 Å². The van der Waals surface area contributed by atoms with Crippen molar-refractivity contribution >= 4 is 11.9 Å². The van der Waals surface area contributed by atoms with Crippen LogP contribution in [0.4, 0.5) is 0 Å². The highest BCUT2D eigenvalue weighted by Gasteiger charge is 2.23. The number of benzene rings is 2. The minimum Gasteiger partial charge on any atom is -0.493 e. The lowest BCUT2D eigenvalue weighted by Gasteiger charge is -2.15. The molecule has 0 spiro atoms. The van der Waals surface area contributed by atoms with E-state index in [0.717, 1.165) is 5.56 Å². The van der Waals surface area contributed by atoms with Crippen LogP contribution in [-0.2, 0) is 16.1 Å². The summed E-state index contributed by atoms with van der Waals surface area (Å²) >= 11 is 0. The molecule has 0 radical (unpaired) electrons. The van der Waals surface area contributed by atoms with Crippen molar-refractivity contribution in [3.05, 3.63) is 82.1 Å². The van der Waals surface area contributed by atoms with Gasteiger partial charge in [-0.2, -0.15) is 4.98 Å². The first-order valence-electron chi connectivity index (χ1n) is 9.38. The van der Waals surface area contributed by atoms with Crippen LogP contribution in [0.1, 0.15) is 22.8 Å². The van der Waals surface area contributed by atoms with Gasteiger partial charge in [-0.3, -0.25) is 19.0 Å². The number of hydrogen-bond donors (Lipinski definition) is 2. The molecule has 2 N–H and O–H groups in total. The molecule has 1 heterocycles. The van der Waals surface area contributed by atoms with E-state index in [1.54, 1.807) is 31.2 Å². The molecule has 154 valence electrons. The smallest absolute Gasteiger partial charge is 0.325 e. The van der Waals surface area contributed by atoms with Crippen LogP contribution in [0.3, 0.4) is 0 Å². The van der Waals surface area contributed by atoms with Gasteiger partial charge >= 0.3 is 5.97 Å². The molecule has 8 nitrogen and oxygen atoms in total. The lowest BCUT2D eigenvalue weighted by Crippen LogP contribution is -2.37. The molecule has 0 fully saturated rings. The lowest BCUT2D eigenvalue weighted by molar-refractivity contribution is -0.141. The molecule has 0 saturated carbocycles. The Labute approximate surface area is 172 Å². The summed E-state index contributed by atoms with van der Waals surface area (Å²) in [5, 5.41) is 12.7. The number of aromatic nitrogens is 2. The van der Waals surface area contributed by atoms with E-state index < -0.39 is 35.4 Å². The second-order valence-corrected chi connectivity index (χ2v) is 6.36. The highest BCUT2D eigenvalue weighted by molar-refractivity contribution is 5.97. The van der Waals surface area contributed by atoms with Gasteiger partial charge in [-0.25, -0.2) is 0 Å². The van der Waals surface area contributed by atoms with Gasteiger partial charge in [0.2, 0.25) is 5.88 Å². The normalized spacial score (nSPS) is 10.4. The number of carbonyl (C=O) groups is 2. The first kappa shape index (κ1) is 20.8. The second-order valence-electron chi connectivity index (χ2n) is 6.36. The molecule has 0 aliphatic rings. The Hall–Kier alpha value is -3.94. The average molecular weight is 407 g/mol. The van der Waals surface area contributed by atoms with E-state index >= 15 is 0 Å². The van der Waals surface area contributed by atoms with Gasteiger partial charge in [-0.05, 0) is 12.5 Å². The molecule has 3 rings (SSSR count). The summed E-state index contributed by atoms with van der Waals surface area (Å²) < 4.78 is 6.08. The highest BCUT2D eigenvalue weighted by atomic mass is 16.5. The Kier molecular flexibility index (Phi) is 6.59. The van der Waals surface area contributed by atoms with Crippen LogP contribution in [0.25, 0.3) is 11.4 Å². The minimum absolute atomic E-state index is 0.148. The maximum absolute atomic E-state index is 13.2. The molecule has 3 aromatic rings. The van der Waals surface area contributed by atoms with E-state index in [2.05, 4.69) is 10.3 Å². The van der Waals surface area contributed by atoms with Gasteiger partial charge in [0.25, 0.3) is 11.5 Å². The van der Waals surface area contributed by atoms with Gasteiger partial charge in [0.15, 0.2) is 5.56 Å². The summed E-state index contributed by atoms with van der Waals surface area (Å²) in [6, 6.07) is 18.1. The van der Waals surface area contributed by atoms with Crippen molar-refractivity contribution in [2.24, 2.45) is 0 Å². The van der Waals surface area contributed by atoms with Gasteiger partial charge in [0.05, 0.1) is 13.2 Å². The Morgan fingerprint density at radius 1 is 1.07 bits per heavy atom. The van der Waals surface area contributed by atoms with Crippen molar-refractivity contribution in [2.75, 3.05) is 13.2 Å². The number of carbonyl (C=O) groups excluding carboxylic acids is 2. The number of esters is 1. The quantitative estimate of drug-likeness (QED) is 0.580. The third-order valence-electron chi connectivity index (χ3n) is 4.29. The van der Waals surface area contributed by atoms with E-state index in [-0.39, 0.29) is 19.0 Å². The first-order chi connectivity index (χ1) is 14.5. The summed E-state index contributed by atoms with van der Waals surface area (Å²) in [5.74, 6) is -2.03. The molecule has 0 aliphatic heterocycles. The second kappa shape index (κ2) is 9.51. The Bertz CT molecular complexity index is 1100. The molecule has 0 unspecified atom stereocenters. The van der Waals surface area contributed by atoms with Crippen LogP contribution in [-0.4, -0.2) is 39.7 Å². The third kappa shape index (κ3) is 4.72. The summed E-state index contributed by atoms with van der Waals surface area (Å²) in [6.45, 7) is 1.52. The van der Waals surface area contributed by atoms with Crippen LogP contribution in [0.15, 0.2) is 65.5 Å². The molecule has 0 atom stereocenters. The number of aromatic hydroxyl groups is 1. The van der Waals surface area contributed by atoms with Crippen molar-refractivity contribution in [3.8, 4) is 17.3 Å². The van der Waals surface area contributed by atoms with Crippen molar-refractivity contribution < 1.29 is 19.4 Å². The van der Waals surface area contributed by atoms with E-state index in [1.807, 2.05) is 36.4 Å². The Morgan fingerprint density at radius 3 is 2.33 bits per heavy atom. The summed E-state index contributed by atoms with van der Waals surface area (Å²) in [7, 11) is 0. The lowest BCUT2D eigenvalue weighted by atomic mass is 10.1. The van der Waals surface area contributed by atoms with Gasteiger partial charge in [-0.1, -0.05) is 60.7 Å². The zero-order valence-corrected chi connectivity index (χ0v) is 16.4. The topological polar surface area (TPSA) is 111 Å². The number of nitrogens with zero attached hydrogens (tertiary/aromatic N) is 2. The summed E-state index contributed by atoms with van der Waals surface area (Å²) in [4.78, 5) is 41.3. The van der Waals surface area contributed by atoms with Gasteiger partial charge in [0, 0.05) is 5.56 Å². The van der Waals surface area contributed by atoms with Crippen molar-refractivity contribution in [1.29, 1.82) is 0 Å². The number of rotatable bonds is 7. The third-order valence-corrected chi connectivity index (χ3v) is 4.29. The molecule has 0 aliphatic carbocycles. The molecule has 2 aromatic carbocycles. The fraction of sp³-hybridized carbons (Fsp3) is 0.182. The molecular weight excluding hydrogens is 386 g/mol. The molecule has 1 aromatic heterocycles. The Morgan fingerprint density at radius 2 is 1.70 bits per heavy atom. The van der Waals surface area contributed by atoms with Crippen molar-refractivity contribution in [3.63, 3.8) is 0 Å². The SMILES string of the molecule is CCOC(=O)CNC(=O)c1c(O)nc(-c2ccccc2)n(Cc2ccccc2)c1=O. The molecule has 8 heteroatoms. The zero-order chi connectivity index (χ0) is 21.5. The molecule has 30 heavy (non-hydrogen) atoms. The standard InChI is InChI=1S/C22H21N3O5/c1-2-30-17(26)13-23-20(27)18-21(28)24-19(16-11-7-4-8-12-16)25(22(18)29)14-15-9-5-3-6-10-15/h3-12,28H,2,13-14H2,1H3,(H,23,27). The summed E-state index contributed by atoms with van der Waals surface area (Å²) in [5.41, 5.74) is 0.183. The molecule has 0 saturated heterocycles. The number of ether oxygens (including phenoxy) is 1. The maximum Gasteiger partial charge on any atom is 0.325 e. The summed E-state index contributed by atoms with van der Waals surface area (Å²) in [6.07, 6.45) is 0. The monoisotopic (exact) mass is 407 g/mol. The predicted octanol–water partition coefficient (Wildman–Crippen LogP) is 1.96. The van der Waals surface area contributed by atoms with Crippen LogP contribution in [0.5, 0.6) is 5.88 Å². The highest BCUT2D eigenvalue weighted by Crippen LogP contribution is 2.21. The first-order valence-corrected chi connectivity index (χ1v) is 9.38. The zero-order valence-electron chi connectivity index (χ0n) is 16.4. The van der Waals surface area contributed by atoms with Gasteiger partial charge in [0.1, 0.15) is 12.4 Å².